The van der Waals surface area contributed by atoms with Crippen LogP contribution in [0.1, 0.15) is 31.9 Å². The molecule has 0 unspecified atom stereocenters. The minimum atomic E-state index is -4.34. The van der Waals surface area contributed by atoms with Gasteiger partial charge in [-0.05, 0) is 57.0 Å². The first-order chi connectivity index (χ1) is 21.3. The molecule has 0 saturated heterocycles. The van der Waals surface area contributed by atoms with E-state index in [4.69, 9.17) is 14.2 Å². The third-order valence-electron chi connectivity index (χ3n) is 6.03. The molecule has 4 rings (SSSR count). The summed E-state index contributed by atoms with van der Waals surface area (Å²) in [4.78, 5) is 50.8. The first kappa shape index (κ1) is 32.8. The number of rotatable bonds is 11. The Balaban J connectivity index is 1.43. The van der Waals surface area contributed by atoms with Crippen LogP contribution in [0.3, 0.4) is 0 Å². The van der Waals surface area contributed by atoms with Gasteiger partial charge in [-0.3, -0.25) is 14.5 Å². The highest BCUT2D eigenvalue weighted by atomic mass is 32.2. The fourth-order valence-electron chi connectivity index (χ4n) is 4.01. The highest BCUT2D eigenvalue weighted by molar-refractivity contribution is 7.93. The van der Waals surface area contributed by atoms with Crippen LogP contribution in [-0.2, 0) is 40.4 Å². The molecule has 13 nitrogen and oxygen atoms in total. The maximum atomic E-state index is 13.0. The number of benzene rings is 1. The van der Waals surface area contributed by atoms with Gasteiger partial charge in [0.1, 0.15) is 24.3 Å². The second-order valence-corrected chi connectivity index (χ2v) is 12.7. The molecule has 3 heterocycles. The molecule has 3 aromatic heterocycles. The lowest BCUT2D eigenvalue weighted by atomic mass is 10.1. The van der Waals surface area contributed by atoms with Gasteiger partial charge in [-0.25, -0.2) is 28.0 Å². The summed E-state index contributed by atoms with van der Waals surface area (Å²) in [7, 11) is -4.34. The van der Waals surface area contributed by atoms with Crippen LogP contribution < -0.4 is 10.0 Å². The zero-order chi connectivity index (χ0) is 32.6. The number of carbonyl (C=O) groups is 3. The number of nitrogens with zero attached hydrogens (tertiary/aromatic N) is 3. The molecule has 4 aromatic rings. The van der Waals surface area contributed by atoms with Crippen LogP contribution in [0, 0.1) is 6.92 Å². The van der Waals surface area contributed by atoms with Crippen molar-refractivity contribution in [3.63, 3.8) is 0 Å². The number of alkyl carbamates (subject to hydrolysis) is 1. The Labute approximate surface area is 260 Å². The Bertz CT molecular complexity index is 1790. The van der Waals surface area contributed by atoms with Crippen molar-refractivity contribution in [3.05, 3.63) is 84.2 Å². The summed E-state index contributed by atoms with van der Waals surface area (Å²) in [6.07, 6.45) is 2.08. The van der Waals surface area contributed by atoms with Crippen LogP contribution in [0.5, 0.6) is 0 Å². The van der Waals surface area contributed by atoms with Crippen molar-refractivity contribution in [2.45, 2.75) is 45.9 Å². The molecule has 0 radical (unpaired) electrons. The van der Waals surface area contributed by atoms with Gasteiger partial charge in [-0.15, -0.1) is 0 Å². The van der Waals surface area contributed by atoms with Gasteiger partial charge in [0.2, 0.25) is 10.0 Å². The van der Waals surface area contributed by atoms with E-state index in [0.717, 1.165) is 5.56 Å². The van der Waals surface area contributed by atoms with Gasteiger partial charge >= 0.3 is 18.0 Å². The van der Waals surface area contributed by atoms with Crippen LogP contribution in [0.15, 0.2) is 73.1 Å². The van der Waals surface area contributed by atoms with Gasteiger partial charge in [0.05, 0.1) is 11.4 Å². The number of sulfonamides is 1. The van der Waals surface area contributed by atoms with E-state index >= 15 is 0 Å². The summed E-state index contributed by atoms with van der Waals surface area (Å²) in [5.41, 5.74) is 2.07. The van der Waals surface area contributed by atoms with Crippen LogP contribution in [-0.4, -0.2) is 65.4 Å². The highest BCUT2D eigenvalue weighted by Gasteiger charge is 2.28. The summed E-state index contributed by atoms with van der Waals surface area (Å²) in [5.74, 6) is -3.30. The number of aromatic nitrogens is 3. The predicted molar refractivity (Wildman–Crippen MR) is 165 cm³/mol. The van der Waals surface area contributed by atoms with E-state index in [1.807, 2.05) is 13.0 Å². The SMILES string of the molecule is Cc1cccnc1-c1ccc2ccnc(NS(=O)(=O)CC(=O)OC[C@H](NC(=O)OC(C)(C)C)C(=O)OCc3ccccc3)c2n1. The molecule has 0 aliphatic rings. The van der Waals surface area contributed by atoms with Crippen molar-refractivity contribution in [2.75, 3.05) is 17.1 Å². The zero-order valence-corrected chi connectivity index (χ0v) is 26.0. The fourth-order valence-corrected chi connectivity index (χ4v) is 4.92. The quantitative estimate of drug-likeness (QED) is 0.180. The number of amides is 1. The van der Waals surface area contributed by atoms with Crippen molar-refractivity contribution in [1.29, 1.82) is 0 Å². The lowest BCUT2D eigenvalue weighted by Crippen LogP contribution is -2.47. The normalized spacial score (nSPS) is 12.2. The number of anilines is 1. The topological polar surface area (TPSA) is 176 Å². The van der Waals surface area contributed by atoms with Gasteiger partial charge in [-0.1, -0.05) is 42.5 Å². The minimum absolute atomic E-state index is 0.0929. The lowest BCUT2D eigenvalue weighted by Gasteiger charge is -2.23. The average Bonchev–Trinajstić information content (AvgIpc) is 2.97. The third-order valence-corrected chi connectivity index (χ3v) is 7.15. The molecular formula is C31H33N5O8S. The summed E-state index contributed by atoms with van der Waals surface area (Å²) in [6.45, 7) is 5.97. The van der Waals surface area contributed by atoms with Gasteiger partial charge in [0.15, 0.2) is 17.6 Å². The van der Waals surface area contributed by atoms with Crippen molar-refractivity contribution in [2.24, 2.45) is 0 Å². The molecule has 236 valence electrons. The first-order valence-electron chi connectivity index (χ1n) is 13.8. The molecular weight excluding hydrogens is 602 g/mol. The number of hydrogen-bond donors (Lipinski definition) is 2. The summed E-state index contributed by atoms with van der Waals surface area (Å²) >= 11 is 0. The molecule has 0 saturated carbocycles. The van der Waals surface area contributed by atoms with E-state index < -0.39 is 52.1 Å². The predicted octanol–water partition coefficient (Wildman–Crippen LogP) is 3.92. The number of aryl methyl sites for hydroxylation is 1. The van der Waals surface area contributed by atoms with E-state index in [1.54, 1.807) is 81.6 Å². The second-order valence-electron chi connectivity index (χ2n) is 10.9. The lowest BCUT2D eigenvalue weighted by molar-refractivity contribution is -0.152. The summed E-state index contributed by atoms with van der Waals surface area (Å²) in [5, 5.41) is 2.91. The second kappa shape index (κ2) is 14.1. The third kappa shape index (κ3) is 9.69. The van der Waals surface area contributed by atoms with Crippen LogP contribution in [0.4, 0.5) is 10.6 Å². The van der Waals surface area contributed by atoms with Crippen LogP contribution >= 0.6 is 0 Å². The monoisotopic (exact) mass is 635 g/mol. The molecule has 2 N–H and O–H groups in total. The Kier molecular flexibility index (Phi) is 10.3. The Morgan fingerprint density at radius 2 is 1.67 bits per heavy atom. The molecule has 0 spiro atoms. The minimum Gasteiger partial charge on any atom is -0.462 e. The van der Waals surface area contributed by atoms with Crippen molar-refractivity contribution in [1.82, 2.24) is 20.3 Å². The van der Waals surface area contributed by atoms with Gasteiger partial charge in [0.25, 0.3) is 0 Å². The molecule has 0 fully saturated rings. The smallest absolute Gasteiger partial charge is 0.408 e. The van der Waals surface area contributed by atoms with E-state index in [9.17, 15) is 22.8 Å². The van der Waals surface area contributed by atoms with E-state index in [0.29, 0.717) is 22.3 Å². The fraction of sp³-hybridized carbons (Fsp3) is 0.290. The summed E-state index contributed by atoms with van der Waals surface area (Å²) < 4.78 is 43.8. The van der Waals surface area contributed by atoms with Gasteiger partial charge < -0.3 is 19.5 Å². The maximum absolute atomic E-state index is 13.0. The molecule has 1 atom stereocenters. The van der Waals surface area contributed by atoms with E-state index in [1.165, 1.54) is 6.20 Å². The number of carbonyl (C=O) groups excluding carboxylic acids is 3. The Morgan fingerprint density at radius 1 is 0.911 bits per heavy atom. The molecule has 1 amide bonds. The van der Waals surface area contributed by atoms with Gasteiger partial charge in [0, 0.05) is 17.8 Å². The van der Waals surface area contributed by atoms with E-state index in [2.05, 4.69) is 25.0 Å². The van der Waals surface area contributed by atoms with Crippen molar-refractivity contribution in [3.8, 4) is 11.4 Å². The molecule has 1 aromatic carbocycles. The number of pyridine rings is 3. The standard InChI is InChI=1S/C31H33N5O8S/c1-20-9-8-15-32-26(20)23-13-12-22-14-16-33-28(27(22)34-23)36-45(40,41)19-25(37)42-18-24(35-30(39)44-31(2,3)4)29(38)43-17-21-10-6-5-7-11-21/h5-16,24H,17-19H2,1-4H3,(H,33,36)(H,35,39)/t24-/m0/s1. The van der Waals surface area contributed by atoms with Crippen molar-refractivity contribution >= 4 is 44.8 Å². The zero-order valence-electron chi connectivity index (χ0n) is 25.1. The van der Waals surface area contributed by atoms with Crippen LogP contribution in [0.25, 0.3) is 22.3 Å². The Morgan fingerprint density at radius 3 is 2.38 bits per heavy atom. The number of hydrogen-bond acceptors (Lipinski definition) is 11. The number of esters is 2. The number of fused-ring (bicyclic) bond motifs is 1. The number of nitrogens with one attached hydrogen (secondary N) is 2. The molecule has 0 bridgehead atoms. The molecule has 14 heteroatoms. The first-order valence-corrected chi connectivity index (χ1v) is 15.5. The molecule has 0 aliphatic heterocycles. The Hall–Kier alpha value is -5.11. The van der Waals surface area contributed by atoms with Crippen molar-refractivity contribution < 1.29 is 37.0 Å². The summed E-state index contributed by atoms with van der Waals surface area (Å²) in [6, 6.07) is 16.2. The molecule has 0 aliphatic carbocycles. The van der Waals surface area contributed by atoms with Crippen LogP contribution in [0.2, 0.25) is 0 Å². The highest BCUT2D eigenvalue weighted by Crippen LogP contribution is 2.25. The number of ether oxygens (including phenoxy) is 3. The maximum Gasteiger partial charge on any atom is 0.408 e. The largest absolute Gasteiger partial charge is 0.462 e. The van der Waals surface area contributed by atoms with Gasteiger partial charge in [-0.2, -0.15) is 0 Å². The average molecular weight is 636 g/mol. The van der Waals surface area contributed by atoms with E-state index in [-0.39, 0.29) is 17.9 Å². The molecule has 45 heavy (non-hydrogen) atoms.